The van der Waals surface area contributed by atoms with Gasteiger partial charge in [0.2, 0.25) is 5.91 Å². The zero-order valence-corrected chi connectivity index (χ0v) is 13.1. The van der Waals surface area contributed by atoms with Crippen LogP contribution in [0.3, 0.4) is 0 Å². The first kappa shape index (κ1) is 16.4. The molecule has 0 aromatic heterocycles. The van der Waals surface area contributed by atoms with E-state index in [-0.39, 0.29) is 5.91 Å². The van der Waals surface area contributed by atoms with Crippen LogP contribution in [0.15, 0.2) is 42.5 Å². The van der Waals surface area contributed by atoms with Crippen LogP contribution in [0.25, 0.3) is 0 Å². The highest BCUT2D eigenvalue weighted by atomic mass is 16.5. The molecule has 0 radical (unpaired) electrons. The standard InChI is InChI=1S/C18H18N2O3/c1-22-15-8-9-17(23-2)16(11-15)20-18(21)10-7-13-3-5-14(12-19)6-4-13/h3-6,8-9,11H,7,10H2,1-2H3,(H,20,21). The molecule has 0 unspecified atom stereocenters. The number of methoxy groups -OCH3 is 2. The molecule has 0 aliphatic carbocycles. The van der Waals surface area contributed by atoms with Gasteiger partial charge in [-0.05, 0) is 36.2 Å². The first-order valence-corrected chi connectivity index (χ1v) is 7.17. The molecular weight excluding hydrogens is 292 g/mol. The second kappa shape index (κ2) is 7.85. The minimum Gasteiger partial charge on any atom is -0.497 e. The lowest BCUT2D eigenvalue weighted by molar-refractivity contribution is -0.116. The molecule has 0 bridgehead atoms. The summed E-state index contributed by atoms with van der Waals surface area (Å²) in [5.41, 5.74) is 2.20. The Labute approximate surface area is 135 Å². The Morgan fingerprint density at radius 3 is 2.48 bits per heavy atom. The lowest BCUT2D eigenvalue weighted by Crippen LogP contribution is -2.13. The number of hydrogen-bond donors (Lipinski definition) is 1. The number of carbonyl (C=O) groups excluding carboxylic acids is 1. The van der Waals surface area contributed by atoms with E-state index in [0.29, 0.717) is 35.6 Å². The van der Waals surface area contributed by atoms with Gasteiger partial charge in [-0.1, -0.05) is 12.1 Å². The monoisotopic (exact) mass is 310 g/mol. The van der Waals surface area contributed by atoms with Crippen molar-refractivity contribution in [2.24, 2.45) is 0 Å². The highest BCUT2D eigenvalue weighted by Gasteiger charge is 2.09. The predicted molar refractivity (Wildman–Crippen MR) is 87.7 cm³/mol. The normalized spacial score (nSPS) is 9.78. The van der Waals surface area contributed by atoms with Gasteiger partial charge in [0.1, 0.15) is 11.5 Å². The predicted octanol–water partition coefficient (Wildman–Crippen LogP) is 3.15. The highest BCUT2D eigenvalue weighted by Crippen LogP contribution is 2.29. The second-order valence-electron chi connectivity index (χ2n) is 4.92. The van der Waals surface area contributed by atoms with Crippen LogP contribution in [0.2, 0.25) is 0 Å². The number of anilines is 1. The summed E-state index contributed by atoms with van der Waals surface area (Å²) in [6.07, 6.45) is 0.941. The van der Waals surface area contributed by atoms with E-state index in [4.69, 9.17) is 14.7 Å². The first-order chi connectivity index (χ1) is 11.2. The van der Waals surface area contributed by atoms with Gasteiger partial charge in [-0.3, -0.25) is 4.79 Å². The Hall–Kier alpha value is -3.00. The Morgan fingerprint density at radius 2 is 1.87 bits per heavy atom. The van der Waals surface area contributed by atoms with Gasteiger partial charge >= 0.3 is 0 Å². The van der Waals surface area contributed by atoms with Crippen molar-refractivity contribution in [3.8, 4) is 17.6 Å². The number of nitrogens with one attached hydrogen (secondary N) is 1. The molecule has 0 fully saturated rings. The van der Waals surface area contributed by atoms with Gasteiger partial charge in [-0.2, -0.15) is 5.26 Å². The number of hydrogen-bond acceptors (Lipinski definition) is 4. The molecule has 118 valence electrons. The maximum Gasteiger partial charge on any atom is 0.224 e. The third-order valence-corrected chi connectivity index (χ3v) is 3.40. The Bertz CT molecular complexity index is 718. The van der Waals surface area contributed by atoms with Crippen LogP contribution in [0.4, 0.5) is 5.69 Å². The van der Waals surface area contributed by atoms with Crippen LogP contribution in [0.1, 0.15) is 17.5 Å². The Kier molecular flexibility index (Phi) is 5.59. The van der Waals surface area contributed by atoms with Gasteiger partial charge in [-0.25, -0.2) is 0 Å². The Balaban J connectivity index is 1.97. The highest BCUT2D eigenvalue weighted by molar-refractivity contribution is 5.92. The summed E-state index contributed by atoms with van der Waals surface area (Å²) in [5.74, 6) is 1.12. The summed E-state index contributed by atoms with van der Waals surface area (Å²) < 4.78 is 10.4. The molecule has 0 heterocycles. The molecule has 0 atom stereocenters. The minimum atomic E-state index is -0.110. The lowest BCUT2D eigenvalue weighted by Gasteiger charge is -2.11. The van der Waals surface area contributed by atoms with E-state index in [9.17, 15) is 4.79 Å². The van der Waals surface area contributed by atoms with Gasteiger partial charge in [0.25, 0.3) is 0 Å². The molecule has 1 N–H and O–H groups in total. The molecule has 0 spiro atoms. The molecule has 1 amide bonds. The maximum atomic E-state index is 12.1. The summed E-state index contributed by atoms with van der Waals surface area (Å²) >= 11 is 0. The average molecular weight is 310 g/mol. The van der Waals surface area contributed by atoms with Crippen molar-refractivity contribution in [3.05, 3.63) is 53.6 Å². The van der Waals surface area contributed by atoms with E-state index in [1.807, 2.05) is 12.1 Å². The number of amides is 1. The molecule has 2 aromatic carbocycles. The van der Waals surface area contributed by atoms with E-state index >= 15 is 0 Å². The largest absolute Gasteiger partial charge is 0.497 e. The van der Waals surface area contributed by atoms with Gasteiger partial charge in [0.15, 0.2) is 0 Å². The van der Waals surface area contributed by atoms with Crippen LogP contribution >= 0.6 is 0 Å². The van der Waals surface area contributed by atoms with Gasteiger partial charge in [-0.15, -0.1) is 0 Å². The fourth-order valence-corrected chi connectivity index (χ4v) is 2.13. The average Bonchev–Trinajstić information content (AvgIpc) is 2.60. The summed E-state index contributed by atoms with van der Waals surface area (Å²) in [5, 5.41) is 11.6. The Morgan fingerprint density at radius 1 is 1.13 bits per heavy atom. The molecule has 2 aromatic rings. The summed E-state index contributed by atoms with van der Waals surface area (Å²) in [7, 11) is 3.12. The lowest BCUT2D eigenvalue weighted by atomic mass is 10.1. The van der Waals surface area contributed by atoms with Gasteiger partial charge < -0.3 is 14.8 Å². The molecule has 0 aliphatic rings. The van der Waals surface area contributed by atoms with Crippen LogP contribution in [-0.4, -0.2) is 20.1 Å². The molecule has 2 rings (SSSR count). The topological polar surface area (TPSA) is 71.3 Å². The van der Waals surface area contributed by atoms with Crippen LogP contribution in [-0.2, 0) is 11.2 Å². The number of nitriles is 1. The van der Waals surface area contributed by atoms with E-state index < -0.39 is 0 Å². The summed E-state index contributed by atoms with van der Waals surface area (Å²) in [6.45, 7) is 0. The van der Waals surface area contributed by atoms with Crippen molar-refractivity contribution < 1.29 is 14.3 Å². The minimum absolute atomic E-state index is 0.110. The fourth-order valence-electron chi connectivity index (χ4n) is 2.13. The number of aryl methyl sites for hydroxylation is 1. The van der Waals surface area contributed by atoms with Crippen molar-refractivity contribution in [3.63, 3.8) is 0 Å². The van der Waals surface area contributed by atoms with E-state index in [1.165, 1.54) is 0 Å². The molecule has 0 aliphatic heterocycles. The molecule has 23 heavy (non-hydrogen) atoms. The molecule has 5 nitrogen and oxygen atoms in total. The molecule has 5 heteroatoms. The van der Waals surface area contributed by atoms with E-state index in [0.717, 1.165) is 5.56 Å². The van der Waals surface area contributed by atoms with Gasteiger partial charge in [0, 0.05) is 12.5 Å². The van der Waals surface area contributed by atoms with Crippen molar-refractivity contribution >= 4 is 11.6 Å². The third-order valence-electron chi connectivity index (χ3n) is 3.40. The number of ether oxygens (including phenoxy) is 2. The van der Waals surface area contributed by atoms with E-state index in [1.54, 1.807) is 44.6 Å². The fraction of sp³-hybridized carbons (Fsp3) is 0.222. The van der Waals surface area contributed by atoms with Crippen LogP contribution in [0.5, 0.6) is 11.5 Å². The SMILES string of the molecule is COc1ccc(OC)c(NC(=O)CCc2ccc(C#N)cc2)c1. The number of benzene rings is 2. The van der Waals surface area contributed by atoms with E-state index in [2.05, 4.69) is 11.4 Å². The summed E-state index contributed by atoms with van der Waals surface area (Å²) in [4.78, 5) is 12.1. The number of carbonyl (C=O) groups is 1. The third kappa shape index (κ3) is 4.48. The zero-order valence-electron chi connectivity index (χ0n) is 13.1. The molecule has 0 saturated carbocycles. The second-order valence-corrected chi connectivity index (χ2v) is 4.92. The van der Waals surface area contributed by atoms with Crippen molar-refractivity contribution in [1.82, 2.24) is 0 Å². The van der Waals surface area contributed by atoms with Crippen molar-refractivity contribution in [2.45, 2.75) is 12.8 Å². The van der Waals surface area contributed by atoms with Gasteiger partial charge in [0.05, 0.1) is 31.5 Å². The maximum absolute atomic E-state index is 12.1. The van der Waals surface area contributed by atoms with Crippen LogP contribution < -0.4 is 14.8 Å². The number of nitrogens with zero attached hydrogens (tertiary/aromatic N) is 1. The van der Waals surface area contributed by atoms with Crippen molar-refractivity contribution in [1.29, 1.82) is 5.26 Å². The quantitative estimate of drug-likeness (QED) is 0.889. The molecule has 0 saturated heterocycles. The molecular formula is C18H18N2O3. The van der Waals surface area contributed by atoms with Crippen molar-refractivity contribution in [2.75, 3.05) is 19.5 Å². The number of rotatable bonds is 6. The zero-order chi connectivity index (χ0) is 16.7. The smallest absolute Gasteiger partial charge is 0.224 e. The first-order valence-electron chi connectivity index (χ1n) is 7.17. The summed E-state index contributed by atoms with van der Waals surface area (Å²) in [6, 6.07) is 14.5. The van der Waals surface area contributed by atoms with Crippen LogP contribution in [0, 0.1) is 11.3 Å².